The molecule has 0 unspecified atom stereocenters. The fourth-order valence-electron chi connectivity index (χ4n) is 3.69. The number of nitrogens with zero attached hydrogens (tertiary/aromatic N) is 1. The molecule has 1 saturated heterocycles. The maximum atomic E-state index is 12.7. The van der Waals surface area contributed by atoms with Crippen LogP contribution in [0.25, 0.3) is 0 Å². The molecule has 3 rings (SSSR count). The number of rotatable bonds is 5. The van der Waals surface area contributed by atoms with Crippen LogP contribution in [-0.4, -0.2) is 34.9 Å². The molecule has 1 aliphatic heterocycles. The average Bonchev–Trinajstić information content (AvgIpc) is 2.86. The molecule has 2 fully saturated rings. The number of halogens is 2. The van der Waals surface area contributed by atoms with E-state index in [0.717, 1.165) is 23.4 Å². The molecule has 28 heavy (non-hydrogen) atoms. The quantitative estimate of drug-likeness (QED) is 0.630. The number of amides is 4. The zero-order chi connectivity index (χ0) is 20.5. The molecule has 4 amide bonds. The van der Waals surface area contributed by atoms with Crippen molar-refractivity contribution in [2.75, 3.05) is 6.54 Å². The third-order valence-corrected chi connectivity index (χ3v) is 6.09. The minimum Gasteiger partial charge on any atom is -0.322 e. The predicted octanol–water partition coefficient (Wildman–Crippen LogP) is 3.18. The lowest BCUT2D eigenvalue weighted by molar-refractivity contribution is -0.139. The Balaban J connectivity index is 1.56. The van der Waals surface area contributed by atoms with Crippen LogP contribution in [0.4, 0.5) is 4.79 Å². The van der Waals surface area contributed by atoms with E-state index in [4.69, 9.17) is 23.2 Å². The molecule has 1 aliphatic carbocycles. The second-order valence-corrected chi connectivity index (χ2v) is 8.48. The van der Waals surface area contributed by atoms with Crippen molar-refractivity contribution in [3.05, 3.63) is 33.8 Å². The van der Waals surface area contributed by atoms with E-state index in [2.05, 4.69) is 23.0 Å². The number of hydrazine groups is 1. The summed E-state index contributed by atoms with van der Waals surface area (Å²) in [4.78, 5) is 37.3. The van der Waals surface area contributed by atoms with Crippen molar-refractivity contribution < 1.29 is 14.4 Å². The Morgan fingerprint density at radius 1 is 1.32 bits per heavy atom. The van der Waals surface area contributed by atoms with Crippen molar-refractivity contribution in [1.29, 1.82) is 0 Å². The fourth-order valence-corrected chi connectivity index (χ4v) is 4.26. The van der Waals surface area contributed by atoms with Crippen molar-refractivity contribution in [1.82, 2.24) is 21.1 Å². The highest BCUT2D eigenvalue weighted by molar-refractivity contribution is 6.35. The summed E-state index contributed by atoms with van der Waals surface area (Å²) in [5.74, 6) is -0.336. The Morgan fingerprint density at radius 2 is 2.00 bits per heavy atom. The van der Waals surface area contributed by atoms with Gasteiger partial charge in [-0.05, 0) is 56.2 Å². The average molecular weight is 427 g/mol. The minimum atomic E-state index is -0.881. The van der Waals surface area contributed by atoms with Crippen molar-refractivity contribution >= 4 is 41.0 Å². The van der Waals surface area contributed by atoms with Crippen LogP contribution < -0.4 is 16.1 Å². The van der Waals surface area contributed by atoms with E-state index in [1.165, 1.54) is 0 Å². The standard InChI is InChI=1S/C19H24Cl2N4O3/c1-11-5-7-19(8-6-11)17(27)25(18(28)23-19)24-16(26)10-22-12(2)14-4-3-13(20)9-15(14)21/h3-4,9,11-12,22H,5-8,10H2,1-2H3,(H,23,28)(H,24,26)/t11?,12-,19?/m1/s1. The van der Waals surface area contributed by atoms with E-state index in [1.54, 1.807) is 18.2 Å². The zero-order valence-electron chi connectivity index (χ0n) is 15.9. The minimum absolute atomic E-state index is 0.0821. The molecule has 7 nitrogen and oxygen atoms in total. The van der Waals surface area contributed by atoms with Crippen LogP contribution in [0.3, 0.4) is 0 Å². The van der Waals surface area contributed by atoms with Gasteiger partial charge in [-0.25, -0.2) is 4.79 Å². The monoisotopic (exact) mass is 426 g/mol. The van der Waals surface area contributed by atoms with Crippen molar-refractivity contribution in [2.24, 2.45) is 5.92 Å². The first-order valence-corrected chi connectivity index (χ1v) is 10.1. The summed E-state index contributed by atoms with van der Waals surface area (Å²) >= 11 is 12.1. The molecule has 1 atom stereocenters. The van der Waals surface area contributed by atoms with Crippen LogP contribution in [-0.2, 0) is 9.59 Å². The number of hydrogen-bond acceptors (Lipinski definition) is 4. The van der Waals surface area contributed by atoms with Crippen LogP contribution in [0.5, 0.6) is 0 Å². The highest BCUT2D eigenvalue weighted by Crippen LogP contribution is 2.35. The zero-order valence-corrected chi connectivity index (χ0v) is 17.4. The Labute approximate surface area is 174 Å². The fraction of sp³-hybridized carbons (Fsp3) is 0.526. The van der Waals surface area contributed by atoms with Gasteiger partial charge in [0.2, 0.25) is 0 Å². The Kier molecular flexibility index (Phi) is 6.17. The first kappa shape index (κ1) is 20.9. The molecule has 1 aromatic carbocycles. The van der Waals surface area contributed by atoms with Crippen LogP contribution in [0.2, 0.25) is 10.0 Å². The summed E-state index contributed by atoms with van der Waals surface area (Å²) in [7, 11) is 0. The van der Waals surface area contributed by atoms with Gasteiger partial charge in [0.1, 0.15) is 5.54 Å². The molecule has 9 heteroatoms. The van der Waals surface area contributed by atoms with Crippen LogP contribution in [0, 0.1) is 5.92 Å². The first-order valence-electron chi connectivity index (χ1n) is 9.36. The molecule has 1 spiro atoms. The summed E-state index contributed by atoms with van der Waals surface area (Å²) in [5, 5.41) is 7.63. The SMILES string of the molecule is CC1CCC2(CC1)NC(=O)N(NC(=O)CN[C@H](C)c1ccc(Cl)cc1Cl)C2=O. The maximum absolute atomic E-state index is 12.7. The van der Waals surface area contributed by atoms with Gasteiger partial charge >= 0.3 is 6.03 Å². The molecule has 0 aromatic heterocycles. The molecular weight excluding hydrogens is 403 g/mol. The number of imide groups is 1. The lowest BCUT2D eigenvalue weighted by atomic mass is 9.77. The van der Waals surface area contributed by atoms with Gasteiger partial charge in [0, 0.05) is 16.1 Å². The van der Waals surface area contributed by atoms with Crippen molar-refractivity contribution in [3.63, 3.8) is 0 Å². The topological polar surface area (TPSA) is 90.5 Å². The molecule has 2 aliphatic rings. The van der Waals surface area contributed by atoms with Crippen LogP contribution in [0.1, 0.15) is 51.1 Å². The number of hydrogen-bond donors (Lipinski definition) is 3. The van der Waals surface area contributed by atoms with Crippen molar-refractivity contribution in [2.45, 2.75) is 51.1 Å². The second-order valence-electron chi connectivity index (χ2n) is 7.64. The lowest BCUT2D eigenvalue weighted by Crippen LogP contribution is -2.52. The van der Waals surface area contributed by atoms with Gasteiger partial charge < -0.3 is 10.6 Å². The number of urea groups is 1. The van der Waals surface area contributed by atoms with E-state index in [0.29, 0.717) is 28.8 Å². The summed E-state index contributed by atoms with van der Waals surface area (Å²) in [6.07, 6.45) is 2.92. The molecule has 3 N–H and O–H groups in total. The Morgan fingerprint density at radius 3 is 2.64 bits per heavy atom. The molecular formula is C19H24Cl2N4O3. The molecule has 1 heterocycles. The van der Waals surface area contributed by atoms with E-state index >= 15 is 0 Å². The predicted molar refractivity (Wildman–Crippen MR) is 107 cm³/mol. The van der Waals surface area contributed by atoms with E-state index < -0.39 is 17.5 Å². The molecule has 1 saturated carbocycles. The van der Waals surface area contributed by atoms with E-state index in [-0.39, 0.29) is 18.5 Å². The lowest BCUT2D eigenvalue weighted by Gasteiger charge is -2.33. The van der Waals surface area contributed by atoms with Crippen LogP contribution >= 0.6 is 23.2 Å². The number of carbonyl (C=O) groups is 3. The van der Waals surface area contributed by atoms with Crippen molar-refractivity contribution in [3.8, 4) is 0 Å². The molecule has 152 valence electrons. The Bertz CT molecular complexity index is 793. The van der Waals surface area contributed by atoms with E-state index in [9.17, 15) is 14.4 Å². The largest absolute Gasteiger partial charge is 0.344 e. The number of carbonyl (C=O) groups excluding carboxylic acids is 3. The molecule has 0 bridgehead atoms. The maximum Gasteiger partial charge on any atom is 0.344 e. The summed E-state index contributed by atoms with van der Waals surface area (Å²) in [6.45, 7) is 3.91. The third kappa shape index (κ3) is 4.26. The molecule has 0 radical (unpaired) electrons. The summed E-state index contributed by atoms with van der Waals surface area (Å²) in [5.41, 5.74) is 2.32. The Hall–Kier alpha value is -1.83. The third-order valence-electron chi connectivity index (χ3n) is 5.52. The highest BCUT2D eigenvalue weighted by atomic mass is 35.5. The normalized spacial score (nSPS) is 25.7. The van der Waals surface area contributed by atoms with Gasteiger partial charge in [-0.3, -0.25) is 15.0 Å². The van der Waals surface area contributed by atoms with Gasteiger partial charge in [0.15, 0.2) is 0 Å². The van der Waals surface area contributed by atoms with Gasteiger partial charge in [0.25, 0.3) is 11.8 Å². The summed E-state index contributed by atoms with van der Waals surface area (Å²) < 4.78 is 0. The van der Waals surface area contributed by atoms with Gasteiger partial charge in [0.05, 0.1) is 6.54 Å². The van der Waals surface area contributed by atoms with Gasteiger partial charge in [-0.2, -0.15) is 5.01 Å². The van der Waals surface area contributed by atoms with Crippen LogP contribution in [0.15, 0.2) is 18.2 Å². The molecule has 1 aromatic rings. The van der Waals surface area contributed by atoms with E-state index in [1.807, 2.05) is 6.92 Å². The number of nitrogens with one attached hydrogen (secondary N) is 3. The first-order chi connectivity index (χ1) is 13.2. The second kappa shape index (κ2) is 8.27. The smallest absolute Gasteiger partial charge is 0.322 e. The summed E-state index contributed by atoms with van der Waals surface area (Å²) in [6, 6.07) is 4.34. The number of benzene rings is 1. The highest BCUT2D eigenvalue weighted by Gasteiger charge is 2.52. The van der Waals surface area contributed by atoms with Gasteiger partial charge in [-0.15, -0.1) is 0 Å². The van der Waals surface area contributed by atoms with Gasteiger partial charge in [-0.1, -0.05) is 36.2 Å².